The summed E-state index contributed by atoms with van der Waals surface area (Å²) in [5, 5.41) is 3.57. The first kappa shape index (κ1) is 17.0. The molecule has 0 saturated heterocycles. The third kappa shape index (κ3) is 5.06. The van der Waals surface area contributed by atoms with E-state index >= 15 is 0 Å². The van der Waals surface area contributed by atoms with Gasteiger partial charge in [-0.05, 0) is 34.9 Å². The number of carbonyl (C=O) groups excluding carboxylic acids is 1. The molecule has 0 bridgehead atoms. The molecule has 2 aromatic carbocycles. The Hall–Kier alpha value is -2.85. The number of amides is 1. The van der Waals surface area contributed by atoms with Gasteiger partial charge in [0.25, 0.3) is 0 Å². The average molecular weight is 352 g/mol. The van der Waals surface area contributed by atoms with Crippen molar-refractivity contribution >= 4 is 23.6 Å². The van der Waals surface area contributed by atoms with Crippen molar-refractivity contribution in [1.29, 1.82) is 0 Å². The number of nitrogens with zero attached hydrogens (tertiary/aromatic N) is 2. The van der Waals surface area contributed by atoms with Gasteiger partial charge in [-0.25, -0.2) is 4.98 Å². The second-order valence-electron chi connectivity index (χ2n) is 5.61. The second kappa shape index (κ2) is 8.31. The van der Waals surface area contributed by atoms with Crippen molar-refractivity contribution in [2.45, 2.75) is 13.1 Å². The summed E-state index contributed by atoms with van der Waals surface area (Å²) in [6.07, 6.45) is 8.72. The molecule has 1 aromatic heterocycles. The number of aromatic nitrogens is 2. The Kier molecular flexibility index (Phi) is 5.65. The molecule has 3 aromatic rings. The Morgan fingerprint density at radius 2 is 2.00 bits per heavy atom. The van der Waals surface area contributed by atoms with Gasteiger partial charge in [0.2, 0.25) is 5.91 Å². The fourth-order valence-electron chi connectivity index (χ4n) is 2.48. The lowest BCUT2D eigenvalue weighted by Gasteiger charge is -2.10. The first-order valence-corrected chi connectivity index (χ1v) is 8.32. The van der Waals surface area contributed by atoms with Crippen LogP contribution in [-0.4, -0.2) is 15.5 Å². The molecule has 4 nitrogen and oxygen atoms in total. The van der Waals surface area contributed by atoms with Crippen molar-refractivity contribution in [1.82, 2.24) is 14.9 Å². The standard InChI is InChI=1S/C20H18ClN3O/c21-19-7-3-4-16(12-19)8-9-20(25)23-13-17-5-1-2-6-18(17)14-24-11-10-22-15-24/h1-12,15H,13-14H2,(H,23,25)/b9-8+. The maximum Gasteiger partial charge on any atom is 0.244 e. The predicted molar refractivity (Wildman–Crippen MR) is 100 cm³/mol. The fourth-order valence-corrected chi connectivity index (χ4v) is 2.68. The summed E-state index contributed by atoms with van der Waals surface area (Å²) in [7, 11) is 0. The lowest BCUT2D eigenvalue weighted by Crippen LogP contribution is -2.21. The van der Waals surface area contributed by atoms with E-state index in [2.05, 4.69) is 16.4 Å². The number of hydrogen-bond donors (Lipinski definition) is 1. The van der Waals surface area contributed by atoms with E-state index in [1.54, 1.807) is 24.7 Å². The minimum Gasteiger partial charge on any atom is -0.348 e. The molecule has 0 aliphatic rings. The summed E-state index contributed by atoms with van der Waals surface area (Å²) in [4.78, 5) is 16.1. The summed E-state index contributed by atoms with van der Waals surface area (Å²) in [6.45, 7) is 1.20. The van der Waals surface area contributed by atoms with E-state index in [9.17, 15) is 4.79 Å². The summed E-state index contributed by atoms with van der Waals surface area (Å²) < 4.78 is 2.00. The van der Waals surface area contributed by atoms with Crippen molar-refractivity contribution in [2.75, 3.05) is 0 Å². The average Bonchev–Trinajstić information content (AvgIpc) is 3.12. The molecule has 0 unspecified atom stereocenters. The first-order valence-electron chi connectivity index (χ1n) is 7.95. The van der Waals surface area contributed by atoms with E-state index in [4.69, 9.17) is 11.6 Å². The molecule has 0 aliphatic carbocycles. The highest BCUT2D eigenvalue weighted by Crippen LogP contribution is 2.12. The molecule has 0 saturated carbocycles. The van der Waals surface area contributed by atoms with E-state index in [-0.39, 0.29) is 5.91 Å². The smallest absolute Gasteiger partial charge is 0.244 e. The van der Waals surface area contributed by atoms with Crippen LogP contribution in [0.1, 0.15) is 16.7 Å². The van der Waals surface area contributed by atoms with Gasteiger partial charge in [0.05, 0.1) is 6.33 Å². The number of hydrogen-bond acceptors (Lipinski definition) is 2. The third-order valence-electron chi connectivity index (χ3n) is 3.76. The molecule has 0 radical (unpaired) electrons. The highest BCUT2D eigenvalue weighted by atomic mass is 35.5. The molecule has 0 atom stereocenters. The minimum absolute atomic E-state index is 0.141. The van der Waals surface area contributed by atoms with Crippen LogP contribution in [0.5, 0.6) is 0 Å². The van der Waals surface area contributed by atoms with Crippen LogP contribution in [0.15, 0.2) is 73.3 Å². The van der Waals surface area contributed by atoms with Gasteiger partial charge in [-0.1, -0.05) is 48.0 Å². The van der Waals surface area contributed by atoms with Crippen LogP contribution in [0.3, 0.4) is 0 Å². The van der Waals surface area contributed by atoms with Gasteiger partial charge < -0.3 is 9.88 Å². The molecular formula is C20H18ClN3O. The van der Waals surface area contributed by atoms with Crippen LogP contribution in [0.4, 0.5) is 0 Å². The van der Waals surface area contributed by atoms with E-state index in [1.165, 1.54) is 6.08 Å². The molecule has 0 aliphatic heterocycles. The van der Waals surface area contributed by atoms with Crippen LogP contribution < -0.4 is 5.32 Å². The molecule has 25 heavy (non-hydrogen) atoms. The van der Waals surface area contributed by atoms with Crippen molar-refractivity contribution in [3.63, 3.8) is 0 Å². The van der Waals surface area contributed by atoms with Gasteiger partial charge >= 0.3 is 0 Å². The van der Waals surface area contributed by atoms with E-state index in [0.717, 1.165) is 23.2 Å². The quantitative estimate of drug-likeness (QED) is 0.684. The van der Waals surface area contributed by atoms with Crippen molar-refractivity contribution < 1.29 is 4.79 Å². The maximum atomic E-state index is 12.1. The van der Waals surface area contributed by atoms with Crippen molar-refractivity contribution in [2.24, 2.45) is 0 Å². The lowest BCUT2D eigenvalue weighted by atomic mass is 10.1. The molecule has 3 rings (SSSR count). The molecule has 0 spiro atoms. The molecule has 1 heterocycles. The van der Waals surface area contributed by atoms with Gasteiger partial charge in [0.15, 0.2) is 0 Å². The van der Waals surface area contributed by atoms with Gasteiger partial charge in [-0.15, -0.1) is 0 Å². The Morgan fingerprint density at radius 3 is 2.76 bits per heavy atom. The van der Waals surface area contributed by atoms with Crippen LogP contribution >= 0.6 is 11.6 Å². The van der Waals surface area contributed by atoms with Crippen LogP contribution in [0.2, 0.25) is 5.02 Å². The topological polar surface area (TPSA) is 46.9 Å². The molecular weight excluding hydrogens is 334 g/mol. The zero-order valence-corrected chi connectivity index (χ0v) is 14.4. The van der Waals surface area contributed by atoms with Crippen molar-refractivity contribution in [3.8, 4) is 0 Å². The van der Waals surface area contributed by atoms with Gasteiger partial charge in [0.1, 0.15) is 0 Å². The van der Waals surface area contributed by atoms with E-state index in [1.807, 2.05) is 47.2 Å². The number of carbonyl (C=O) groups is 1. The molecule has 1 N–H and O–H groups in total. The van der Waals surface area contributed by atoms with E-state index in [0.29, 0.717) is 11.6 Å². The highest BCUT2D eigenvalue weighted by Gasteiger charge is 2.04. The summed E-state index contributed by atoms with van der Waals surface area (Å²) >= 11 is 5.94. The Labute approximate surface area is 151 Å². The zero-order chi connectivity index (χ0) is 17.5. The number of rotatable bonds is 6. The van der Waals surface area contributed by atoms with Crippen molar-refractivity contribution in [3.05, 3.63) is 95.0 Å². The van der Waals surface area contributed by atoms with E-state index < -0.39 is 0 Å². The number of imidazole rings is 1. The predicted octanol–water partition coefficient (Wildman–Crippen LogP) is 3.91. The highest BCUT2D eigenvalue weighted by molar-refractivity contribution is 6.30. The number of benzene rings is 2. The molecule has 0 fully saturated rings. The normalized spacial score (nSPS) is 10.9. The number of nitrogens with one attached hydrogen (secondary N) is 1. The van der Waals surface area contributed by atoms with Crippen LogP contribution in [0, 0.1) is 0 Å². The minimum atomic E-state index is -0.141. The second-order valence-corrected chi connectivity index (χ2v) is 6.05. The number of halogens is 1. The monoisotopic (exact) mass is 351 g/mol. The fraction of sp³-hybridized carbons (Fsp3) is 0.100. The van der Waals surface area contributed by atoms with Gasteiger partial charge in [0, 0.05) is 36.6 Å². The summed E-state index contributed by atoms with van der Waals surface area (Å²) in [5.74, 6) is -0.141. The lowest BCUT2D eigenvalue weighted by molar-refractivity contribution is -0.116. The zero-order valence-electron chi connectivity index (χ0n) is 13.6. The first-order chi connectivity index (χ1) is 12.2. The summed E-state index contributed by atoms with van der Waals surface area (Å²) in [6, 6.07) is 15.4. The van der Waals surface area contributed by atoms with Crippen LogP contribution in [0.25, 0.3) is 6.08 Å². The molecule has 1 amide bonds. The molecule has 126 valence electrons. The van der Waals surface area contributed by atoms with Gasteiger partial charge in [-0.3, -0.25) is 4.79 Å². The Bertz CT molecular complexity index is 872. The summed E-state index contributed by atoms with van der Waals surface area (Å²) in [5.41, 5.74) is 3.13. The SMILES string of the molecule is O=C(/C=C/c1cccc(Cl)c1)NCc1ccccc1Cn1ccnc1. The van der Waals surface area contributed by atoms with Gasteiger partial charge in [-0.2, -0.15) is 0 Å². The Balaban J connectivity index is 1.60. The largest absolute Gasteiger partial charge is 0.348 e. The third-order valence-corrected chi connectivity index (χ3v) is 3.99. The van der Waals surface area contributed by atoms with Crippen LogP contribution in [-0.2, 0) is 17.9 Å². The maximum absolute atomic E-state index is 12.1. The Morgan fingerprint density at radius 1 is 1.16 bits per heavy atom. The molecule has 5 heteroatoms.